The van der Waals surface area contributed by atoms with Crippen LogP contribution in [-0.2, 0) is 10.1 Å². The Hall–Kier alpha value is -2.23. The molecule has 4 rings (SSSR count). The average molecular weight is 390 g/mol. The first-order chi connectivity index (χ1) is 12.3. The number of anilines is 2. The van der Waals surface area contributed by atoms with E-state index in [0.717, 1.165) is 11.0 Å². The Labute approximate surface area is 176 Å². The molecule has 9 heteroatoms. The van der Waals surface area contributed by atoms with Gasteiger partial charge in [-0.15, -0.1) is 0 Å². The number of nitrogens with two attached hydrogens (primary N) is 1. The number of nitrogens with zero attached hydrogens (tertiary/aromatic N) is 1. The van der Waals surface area contributed by atoms with Crippen LogP contribution in [0.4, 0.5) is 11.4 Å². The van der Waals surface area contributed by atoms with E-state index < -0.39 is 26.8 Å². The number of rotatable bonds is 2. The molecule has 0 bridgehead atoms. The second-order valence-corrected chi connectivity index (χ2v) is 7.25. The molecule has 0 saturated heterocycles. The van der Waals surface area contributed by atoms with Crippen LogP contribution in [-0.4, -0.2) is 24.8 Å². The fraction of sp³-hybridized carbons (Fsp3) is 0. The van der Waals surface area contributed by atoms with E-state index >= 15 is 0 Å². The minimum atomic E-state index is -4.76. The molecule has 0 unspecified atom stereocenters. The molecule has 27 heavy (non-hydrogen) atoms. The van der Waals surface area contributed by atoms with Crippen LogP contribution in [0.1, 0.15) is 20.7 Å². The number of carbonyl (C=O) groups excluding carboxylic acids is 2. The van der Waals surface area contributed by atoms with Gasteiger partial charge in [0, 0.05) is 16.6 Å². The predicted molar refractivity (Wildman–Crippen MR) is 93.9 cm³/mol. The summed E-state index contributed by atoms with van der Waals surface area (Å²) < 4.78 is 34.3. The second-order valence-electron chi connectivity index (χ2n) is 5.87. The molecule has 2 N–H and O–H groups in total. The number of hydrogen-bond donors (Lipinski definition) is 1. The molecule has 3 aromatic rings. The Morgan fingerprint density at radius 1 is 0.889 bits per heavy atom. The molecule has 0 spiro atoms. The summed E-state index contributed by atoms with van der Waals surface area (Å²) in [4.78, 5) is 26.3. The summed E-state index contributed by atoms with van der Waals surface area (Å²) in [6.45, 7) is 0. The van der Waals surface area contributed by atoms with E-state index in [1.165, 1.54) is 18.2 Å². The van der Waals surface area contributed by atoms with Gasteiger partial charge in [-0.05, 0) is 47.9 Å². The van der Waals surface area contributed by atoms with Gasteiger partial charge >= 0.3 is 29.6 Å². The molecule has 3 aromatic carbocycles. The van der Waals surface area contributed by atoms with Crippen LogP contribution in [0, 0.1) is 0 Å². The van der Waals surface area contributed by atoms with Gasteiger partial charge in [0.15, 0.2) is 0 Å². The minimum absolute atomic E-state index is 0. The van der Waals surface area contributed by atoms with E-state index in [1.807, 2.05) is 0 Å². The van der Waals surface area contributed by atoms with Crippen LogP contribution >= 0.6 is 0 Å². The second kappa shape index (κ2) is 6.74. The van der Waals surface area contributed by atoms with Crippen molar-refractivity contribution in [1.82, 2.24) is 0 Å². The van der Waals surface area contributed by atoms with Crippen LogP contribution in [0.15, 0.2) is 59.5 Å². The van der Waals surface area contributed by atoms with Crippen molar-refractivity contribution in [3.63, 3.8) is 0 Å². The molecule has 0 atom stereocenters. The van der Waals surface area contributed by atoms with Gasteiger partial charge in [0.1, 0.15) is 10.1 Å². The normalized spacial score (nSPS) is 13.6. The van der Waals surface area contributed by atoms with Gasteiger partial charge in [-0.3, -0.25) is 9.59 Å². The van der Waals surface area contributed by atoms with Gasteiger partial charge in [0.05, 0.1) is 16.1 Å². The summed E-state index contributed by atoms with van der Waals surface area (Å²) in [6, 6.07) is 13.0. The maximum Gasteiger partial charge on any atom is 1.00 e. The third kappa shape index (κ3) is 3.15. The van der Waals surface area contributed by atoms with Gasteiger partial charge in [-0.25, -0.2) is 13.3 Å². The molecule has 0 aromatic heterocycles. The van der Waals surface area contributed by atoms with E-state index in [4.69, 9.17) is 5.73 Å². The fourth-order valence-corrected chi connectivity index (χ4v) is 3.62. The van der Waals surface area contributed by atoms with Crippen molar-refractivity contribution in [3.05, 3.63) is 65.7 Å². The number of imide groups is 1. The largest absolute Gasteiger partial charge is 1.00 e. The monoisotopic (exact) mass is 390 g/mol. The van der Waals surface area contributed by atoms with Crippen LogP contribution in [0.3, 0.4) is 0 Å². The van der Waals surface area contributed by atoms with E-state index in [0.29, 0.717) is 22.1 Å². The zero-order valence-corrected chi connectivity index (χ0v) is 17.0. The maximum atomic E-state index is 13.0. The average Bonchev–Trinajstić information content (AvgIpc) is 2.60. The summed E-state index contributed by atoms with van der Waals surface area (Å²) in [7, 11) is -4.76. The molecule has 1 aliphatic rings. The van der Waals surface area contributed by atoms with E-state index in [9.17, 15) is 22.6 Å². The molecule has 1 heterocycles. The topological polar surface area (TPSA) is 121 Å². The van der Waals surface area contributed by atoms with E-state index in [2.05, 4.69) is 0 Å². The summed E-state index contributed by atoms with van der Waals surface area (Å²) in [5, 5.41) is 0.676. The minimum Gasteiger partial charge on any atom is -0.744 e. The quantitative estimate of drug-likeness (QED) is 0.263. The van der Waals surface area contributed by atoms with Gasteiger partial charge in [-0.1, -0.05) is 12.1 Å². The predicted octanol–water partition coefficient (Wildman–Crippen LogP) is -0.869. The number of carbonyl (C=O) groups is 2. The number of hydrogen-bond acceptors (Lipinski definition) is 6. The van der Waals surface area contributed by atoms with E-state index in [1.54, 1.807) is 30.3 Å². The molecule has 0 fully saturated rings. The Kier molecular flexibility index (Phi) is 4.87. The van der Waals surface area contributed by atoms with Gasteiger partial charge in [0.2, 0.25) is 0 Å². The zero-order chi connectivity index (χ0) is 18.6. The number of nitrogen functional groups attached to an aromatic ring is 1. The summed E-state index contributed by atoms with van der Waals surface area (Å²) >= 11 is 0. The standard InChI is InChI=1S/C18H12N2O5S.Na/c19-11-4-6-12(7-5-11)20-17(21)14-3-1-2-10-8-13(26(23,24)25)9-15(16(10)14)18(20)22;/h1-9H,19H2,(H,23,24,25);/q;+1/p-1. The first-order valence-electron chi connectivity index (χ1n) is 7.54. The zero-order valence-electron chi connectivity index (χ0n) is 14.2. The van der Waals surface area contributed by atoms with Crippen molar-refractivity contribution >= 4 is 44.1 Å². The smallest absolute Gasteiger partial charge is 0.744 e. The summed E-state index contributed by atoms with van der Waals surface area (Å²) in [5.41, 5.74) is 6.65. The molecule has 130 valence electrons. The van der Waals surface area contributed by atoms with Crippen LogP contribution in [0.5, 0.6) is 0 Å². The van der Waals surface area contributed by atoms with E-state index in [-0.39, 0.29) is 40.7 Å². The van der Waals surface area contributed by atoms with Gasteiger partial charge in [0.25, 0.3) is 11.8 Å². The Bertz CT molecular complexity index is 1210. The van der Waals surface area contributed by atoms with Crippen molar-refractivity contribution in [3.8, 4) is 0 Å². The molecule has 1 aliphatic heterocycles. The molecule has 2 amide bonds. The first kappa shape index (κ1) is 19.5. The SMILES string of the molecule is Nc1ccc(N2C(=O)c3cccc4cc(S(=O)(=O)[O-])cc(c34)C2=O)cc1.[Na+]. The number of amides is 2. The number of benzene rings is 3. The third-order valence-electron chi connectivity index (χ3n) is 4.26. The molecular formula is C18H11N2NaO5S. The van der Waals surface area contributed by atoms with Crippen molar-refractivity contribution in [2.75, 3.05) is 10.6 Å². The van der Waals surface area contributed by atoms with Crippen LogP contribution in [0.2, 0.25) is 0 Å². The van der Waals surface area contributed by atoms with Crippen molar-refractivity contribution in [1.29, 1.82) is 0 Å². The Morgan fingerprint density at radius 2 is 1.52 bits per heavy atom. The maximum absolute atomic E-state index is 13.0. The first-order valence-corrected chi connectivity index (χ1v) is 8.95. The molecule has 7 nitrogen and oxygen atoms in total. The Balaban J connectivity index is 0.00000210. The fourth-order valence-electron chi connectivity index (χ4n) is 3.08. The Morgan fingerprint density at radius 3 is 2.15 bits per heavy atom. The third-order valence-corrected chi connectivity index (χ3v) is 5.07. The summed E-state index contributed by atoms with van der Waals surface area (Å²) in [5.74, 6) is -1.23. The van der Waals surface area contributed by atoms with Gasteiger partial charge < -0.3 is 10.3 Å². The summed E-state index contributed by atoms with van der Waals surface area (Å²) in [6.07, 6.45) is 0. The van der Waals surface area contributed by atoms with Crippen molar-refractivity contribution in [2.45, 2.75) is 4.90 Å². The van der Waals surface area contributed by atoms with Crippen molar-refractivity contribution in [2.24, 2.45) is 0 Å². The van der Waals surface area contributed by atoms with Gasteiger partial charge in [-0.2, -0.15) is 0 Å². The van der Waals surface area contributed by atoms with Crippen molar-refractivity contribution < 1.29 is 52.1 Å². The molecule has 0 aliphatic carbocycles. The molecule has 0 saturated carbocycles. The molecule has 0 radical (unpaired) electrons. The van der Waals surface area contributed by atoms with Crippen LogP contribution in [0.25, 0.3) is 10.8 Å². The van der Waals surface area contributed by atoms with Crippen LogP contribution < -0.4 is 40.2 Å². The molecular weight excluding hydrogens is 379 g/mol.